The fraction of sp³-hybridized carbons (Fsp3) is 0.318. The van der Waals surface area contributed by atoms with Gasteiger partial charge in [0.15, 0.2) is 0 Å². The van der Waals surface area contributed by atoms with E-state index in [1.807, 2.05) is 0 Å². The van der Waals surface area contributed by atoms with Crippen LogP contribution in [0.2, 0.25) is 0 Å². The van der Waals surface area contributed by atoms with E-state index in [1.165, 1.54) is 12.1 Å². The Morgan fingerprint density at radius 1 is 1.00 bits per heavy atom. The van der Waals surface area contributed by atoms with Crippen molar-refractivity contribution < 1.29 is 38.2 Å². The highest BCUT2D eigenvalue weighted by Crippen LogP contribution is 2.34. The van der Waals surface area contributed by atoms with Crippen LogP contribution in [0.4, 0.5) is 5.00 Å². The molecule has 2 heterocycles. The van der Waals surface area contributed by atoms with Crippen LogP contribution in [0.25, 0.3) is 0 Å². The summed E-state index contributed by atoms with van der Waals surface area (Å²) in [6.07, 6.45) is 0. The summed E-state index contributed by atoms with van der Waals surface area (Å²) in [4.78, 5) is 64.0. The van der Waals surface area contributed by atoms with Gasteiger partial charge in [-0.3, -0.25) is 14.5 Å². The molecule has 3 rings (SSSR count). The quantitative estimate of drug-likeness (QED) is 0.363. The minimum atomic E-state index is -1.23. The van der Waals surface area contributed by atoms with Gasteiger partial charge in [0.25, 0.3) is 11.8 Å². The zero-order chi connectivity index (χ0) is 24.4. The number of carbonyl (C=O) groups excluding carboxylic acids is 5. The molecule has 1 aliphatic rings. The van der Waals surface area contributed by atoms with Gasteiger partial charge in [-0.1, -0.05) is 26.0 Å². The second kappa shape index (κ2) is 9.41. The number of fused-ring (bicyclic) bond motifs is 1. The second-order valence-corrected chi connectivity index (χ2v) is 8.51. The van der Waals surface area contributed by atoms with Crippen molar-refractivity contribution in [1.29, 1.82) is 0 Å². The van der Waals surface area contributed by atoms with Gasteiger partial charge in [-0.25, -0.2) is 14.4 Å². The second-order valence-electron chi connectivity index (χ2n) is 7.45. The Hall–Kier alpha value is -3.73. The topological polar surface area (TPSA) is 142 Å². The Kier molecular flexibility index (Phi) is 6.82. The van der Waals surface area contributed by atoms with E-state index in [1.54, 1.807) is 26.0 Å². The van der Waals surface area contributed by atoms with E-state index in [-0.39, 0.29) is 32.1 Å². The van der Waals surface area contributed by atoms with E-state index in [9.17, 15) is 24.0 Å². The average Bonchev–Trinajstić information content (AvgIpc) is 3.26. The number of amides is 2. The molecule has 1 aliphatic heterocycles. The fourth-order valence-corrected chi connectivity index (χ4v) is 4.55. The number of ether oxygens (including phenoxy) is 3. The largest absolute Gasteiger partial charge is 0.465 e. The monoisotopic (exact) mass is 474 g/mol. The number of rotatable bonds is 7. The molecule has 0 saturated carbocycles. The van der Waals surface area contributed by atoms with Crippen molar-refractivity contribution in [1.82, 2.24) is 4.90 Å². The molecule has 1 aromatic heterocycles. The summed E-state index contributed by atoms with van der Waals surface area (Å²) in [6, 6.07) is 5.05. The number of hydrogen-bond donors (Lipinski definition) is 1. The molecule has 10 nitrogen and oxygen atoms in total. The highest BCUT2D eigenvalue weighted by atomic mass is 32.1. The number of esters is 3. The first-order chi connectivity index (χ1) is 15.6. The Bertz CT molecular complexity index is 1120. The van der Waals surface area contributed by atoms with Crippen LogP contribution in [0.15, 0.2) is 24.3 Å². The maximum absolute atomic E-state index is 13.1. The minimum absolute atomic E-state index is 0.00550. The summed E-state index contributed by atoms with van der Waals surface area (Å²) in [7, 11) is 2.30. The molecule has 0 radical (unpaired) electrons. The minimum Gasteiger partial charge on any atom is -0.465 e. The van der Waals surface area contributed by atoms with Crippen molar-refractivity contribution in [2.45, 2.75) is 26.5 Å². The van der Waals surface area contributed by atoms with Gasteiger partial charge in [0.05, 0.1) is 25.3 Å². The lowest BCUT2D eigenvalue weighted by Crippen LogP contribution is -2.48. The van der Waals surface area contributed by atoms with E-state index < -0.39 is 48.3 Å². The molecule has 0 spiro atoms. The predicted octanol–water partition coefficient (Wildman–Crippen LogP) is 2.27. The van der Waals surface area contributed by atoms with E-state index >= 15 is 0 Å². The maximum Gasteiger partial charge on any atom is 0.348 e. The molecule has 1 aromatic carbocycles. The van der Waals surface area contributed by atoms with Crippen molar-refractivity contribution in [2.24, 2.45) is 5.92 Å². The number of nitrogen functional groups attached to an aromatic ring is 1. The lowest BCUT2D eigenvalue weighted by atomic mass is 10.0. The van der Waals surface area contributed by atoms with Crippen LogP contribution < -0.4 is 5.73 Å². The van der Waals surface area contributed by atoms with Crippen molar-refractivity contribution in [2.75, 3.05) is 20.0 Å². The first kappa shape index (κ1) is 23.9. The summed E-state index contributed by atoms with van der Waals surface area (Å²) in [6.45, 7) is 2.81. The van der Waals surface area contributed by atoms with Gasteiger partial charge in [0, 0.05) is 5.56 Å². The van der Waals surface area contributed by atoms with Crippen LogP contribution in [-0.4, -0.2) is 54.9 Å². The van der Waals surface area contributed by atoms with Gasteiger partial charge < -0.3 is 19.9 Å². The number of methoxy groups -OCH3 is 2. The Morgan fingerprint density at radius 3 is 2.03 bits per heavy atom. The first-order valence-corrected chi connectivity index (χ1v) is 10.7. The number of hydrogen-bond acceptors (Lipinski definition) is 10. The number of thiophene rings is 1. The molecule has 0 aliphatic carbocycles. The van der Waals surface area contributed by atoms with E-state index in [0.29, 0.717) is 0 Å². The molecule has 0 unspecified atom stereocenters. The zero-order valence-electron chi connectivity index (χ0n) is 18.4. The fourth-order valence-electron chi connectivity index (χ4n) is 3.57. The normalized spacial score (nSPS) is 13.7. The van der Waals surface area contributed by atoms with Crippen LogP contribution in [0, 0.1) is 5.92 Å². The molecular weight excluding hydrogens is 452 g/mol. The standard InChI is InChI=1S/C22H22N2O8S/c1-10(2)15(24-18(25)11-7-5-6-8-12(11)19(24)26)21(28)32-9-13-14(20(27)30-3)17(23)33-16(13)22(29)31-4/h5-8,10,15H,9,23H2,1-4H3/t15-/m1/s1. The number of imide groups is 1. The van der Waals surface area contributed by atoms with Gasteiger partial charge in [-0.2, -0.15) is 0 Å². The molecule has 2 N–H and O–H groups in total. The Balaban J connectivity index is 1.91. The molecular formula is C22H22N2O8S. The van der Waals surface area contributed by atoms with Crippen LogP contribution in [0.1, 0.15) is 60.2 Å². The van der Waals surface area contributed by atoms with Crippen molar-refractivity contribution >= 4 is 46.1 Å². The van der Waals surface area contributed by atoms with Crippen LogP contribution in [0.5, 0.6) is 0 Å². The summed E-state index contributed by atoms with van der Waals surface area (Å²) in [5.41, 5.74) is 6.19. The molecule has 174 valence electrons. The van der Waals surface area contributed by atoms with Crippen molar-refractivity contribution in [3.8, 4) is 0 Å². The zero-order valence-corrected chi connectivity index (χ0v) is 19.2. The van der Waals surface area contributed by atoms with E-state index in [2.05, 4.69) is 0 Å². The average molecular weight is 474 g/mol. The number of carbonyl (C=O) groups is 5. The first-order valence-electron chi connectivity index (χ1n) is 9.85. The van der Waals surface area contributed by atoms with Crippen molar-refractivity contribution in [3.05, 3.63) is 51.4 Å². The SMILES string of the molecule is COC(=O)c1sc(N)c(C(=O)OC)c1COC(=O)[C@@H](C(C)C)N1C(=O)c2ccccc2C1=O. The molecule has 0 saturated heterocycles. The molecule has 0 fully saturated rings. The highest BCUT2D eigenvalue weighted by molar-refractivity contribution is 7.18. The van der Waals surface area contributed by atoms with Gasteiger partial charge in [0.1, 0.15) is 28.1 Å². The van der Waals surface area contributed by atoms with E-state index in [0.717, 1.165) is 30.5 Å². The number of anilines is 1. The number of nitrogens with zero attached hydrogens (tertiary/aromatic N) is 1. The Labute approximate surface area is 193 Å². The van der Waals surface area contributed by atoms with Crippen molar-refractivity contribution in [3.63, 3.8) is 0 Å². The van der Waals surface area contributed by atoms with Gasteiger partial charge in [-0.05, 0) is 18.1 Å². The predicted molar refractivity (Wildman–Crippen MR) is 117 cm³/mol. The number of benzene rings is 1. The van der Waals surface area contributed by atoms with Gasteiger partial charge >= 0.3 is 17.9 Å². The van der Waals surface area contributed by atoms with Gasteiger partial charge in [0.2, 0.25) is 0 Å². The molecule has 11 heteroatoms. The molecule has 1 atom stereocenters. The van der Waals surface area contributed by atoms with Crippen LogP contribution >= 0.6 is 11.3 Å². The summed E-state index contributed by atoms with van der Waals surface area (Å²) in [5.74, 6) is -4.14. The van der Waals surface area contributed by atoms with Crippen LogP contribution in [-0.2, 0) is 25.6 Å². The summed E-state index contributed by atoms with van der Waals surface area (Å²) in [5, 5.41) is -0.00550. The number of nitrogens with two attached hydrogens (primary N) is 1. The third-order valence-corrected chi connectivity index (χ3v) is 6.17. The lowest BCUT2D eigenvalue weighted by Gasteiger charge is -2.27. The molecule has 2 amide bonds. The molecule has 2 aromatic rings. The lowest BCUT2D eigenvalue weighted by molar-refractivity contribution is -0.151. The van der Waals surface area contributed by atoms with Crippen LogP contribution in [0.3, 0.4) is 0 Å². The smallest absolute Gasteiger partial charge is 0.348 e. The molecule has 0 bridgehead atoms. The highest BCUT2D eigenvalue weighted by Gasteiger charge is 2.44. The van der Waals surface area contributed by atoms with Gasteiger partial charge in [-0.15, -0.1) is 11.3 Å². The summed E-state index contributed by atoms with van der Waals surface area (Å²) >= 11 is 0.794. The third kappa shape index (κ3) is 4.19. The maximum atomic E-state index is 13.1. The summed E-state index contributed by atoms with van der Waals surface area (Å²) < 4.78 is 14.8. The Morgan fingerprint density at radius 2 is 1.55 bits per heavy atom. The van der Waals surface area contributed by atoms with E-state index in [4.69, 9.17) is 19.9 Å². The third-order valence-electron chi connectivity index (χ3n) is 5.13. The molecule has 33 heavy (non-hydrogen) atoms.